The largest absolute Gasteiger partial charge is 0.326 e. The molecule has 21 heavy (non-hydrogen) atoms. The molecule has 0 atom stereocenters. The van der Waals surface area contributed by atoms with Crippen LogP contribution in [0.2, 0.25) is 0 Å². The number of hydroxylamine groups is 1. The van der Waals surface area contributed by atoms with Crippen LogP contribution in [0.3, 0.4) is 0 Å². The number of carbonyl (C=O) groups is 2. The Bertz CT molecular complexity index is 506. The molecule has 6 nitrogen and oxygen atoms in total. The van der Waals surface area contributed by atoms with Crippen molar-refractivity contribution in [2.24, 2.45) is 0 Å². The summed E-state index contributed by atoms with van der Waals surface area (Å²) in [5, 5.41) is 19.8. The van der Waals surface area contributed by atoms with Crippen LogP contribution >= 0.6 is 0 Å². The highest BCUT2D eigenvalue weighted by atomic mass is 16.5. The molecule has 0 aromatic heterocycles. The van der Waals surface area contributed by atoms with Gasteiger partial charge in [-0.1, -0.05) is 12.8 Å². The van der Waals surface area contributed by atoms with Crippen molar-refractivity contribution < 1.29 is 14.8 Å². The molecule has 0 saturated carbocycles. The van der Waals surface area contributed by atoms with Crippen molar-refractivity contribution in [2.75, 3.05) is 5.32 Å². The van der Waals surface area contributed by atoms with Gasteiger partial charge < -0.3 is 5.32 Å². The molecular formula is C15H19N3O3. The maximum Gasteiger partial charge on any atom is 0.243 e. The molecule has 112 valence electrons. The topological polar surface area (TPSA) is 102 Å². The van der Waals surface area contributed by atoms with Crippen molar-refractivity contribution in [1.82, 2.24) is 5.48 Å². The van der Waals surface area contributed by atoms with E-state index in [-0.39, 0.29) is 11.8 Å². The number of benzene rings is 1. The average molecular weight is 289 g/mol. The molecule has 0 saturated heterocycles. The number of unbranched alkanes of at least 4 members (excludes halogenated alkanes) is 3. The standard InChI is InChI=1S/C15H19N3O3/c16-11-12-7-9-13(10-8-12)17-14(19)5-3-1-2-4-6-15(20)18-21/h7-10,21H,1-6H2,(H,17,19)(H,18,20). The SMILES string of the molecule is N#Cc1ccc(NC(=O)CCCCCCC(=O)NO)cc1. The second kappa shape index (κ2) is 9.50. The summed E-state index contributed by atoms with van der Waals surface area (Å²) in [4.78, 5) is 22.4. The lowest BCUT2D eigenvalue weighted by Crippen LogP contribution is -2.17. The molecule has 6 heteroatoms. The normalized spacial score (nSPS) is 9.71. The molecular weight excluding hydrogens is 270 g/mol. The molecule has 0 radical (unpaired) electrons. The minimum absolute atomic E-state index is 0.0622. The number of nitriles is 1. The monoisotopic (exact) mass is 289 g/mol. The first kappa shape index (κ1) is 16.7. The summed E-state index contributed by atoms with van der Waals surface area (Å²) in [6, 6.07) is 8.72. The van der Waals surface area contributed by atoms with Gasteiger partial charge in [0, 0.05) is 18.5 Å². The van der Waals surface area contributed by atoms with Crippen molar-refractivity contribution in [3.05, 3.63) is 29.8 Å². The molecule has 0 fully saturated rings. The minimum Gasteiger partial charge on any atom is -0.326 e. The number of hydrogen-bond acceptors (Lipinski definition) is 4. The fraction of sp³-hybridized carbons (Fsp3) is 0.400. The Hall–Kier alpha value is -2.39. The van der Waals surface area contributed by atoms with E-state index in [4.69, 9.17) is 10.5 Å². The molecule has 3 N–H and O–H groups in total. The van der Waals surface area contributed by atoms with Gasteiger partial charge >= 0.3 is 0 Å². The maximum absolute atomic E-state index is 11.7. The van der Waals surface area contributed by atoms with Crippen molar-refractivity contribution in [1.29, 1.82) is 5.26 Å². The van der Waals surface area contributed by atoms with E-state index in [2.05, 4.69) is 5.32 Å². The Balaban J connectivity index is 2.13. The number of nitrogens with zero attached hydrogens (tertiary/aromatic N) is 1. The lowest BCUT2D eigenvalue weighted by Gasteiger charge is -2.05. The second-order valence-corrected chi connectivity index (χ2v) is 4.69. The Labute approximate surface area is 123 Å². The first-order chi connectivity index (χ1) is 10.2. The van der Waals surface area contributed by atoms with Gasteiger partial charge in [0.15, 0.2) is 0 Å². The number of hydrogen-bond donors (Lipinski definition) is 3. The second-order valence-electron chi connectivity index (χ2n) is 4.69. The molecule has 1 aromatic rings. The quantitative estimate of drug-likeness (QED) is 0.388. The van der Waals surface area contributed by atoms with E-state index in [9.17, 15) is 9.59 Å². The lowest BCUT2D eigenvalue weighted by molar-refractivity contribution is -0.129. The van der Waals surface area contributed by atoms with Crippen LogP contribution in [0.25, 0.3) is 0 Å². The summed E-state index contributed by atoms with van der Waals surface area (Å²) in [7, 11) is 0. The van der Waals surface area contributed by atoms with Gasteiger partial charge in [0.05, 0.1) is 11.6 Å². The Morgan fingerprint density at radius 3 is 2.10 bits per heavy atom. The molecule has 1 aromatic carbocycles. The highest BCUT2D eigenvalue weighted by molar-refractivity contribution is 5.90. The number of nitrogens with one attached hydrogen (secondary N) is 2. The summed E-state index contributed by atoms with van der Waals surface area (Å²) in [6.07, 6.45) is 3.88. The molecule has 0 aliphatic carbocycles. The van der Waals surface area contributed by atoms with Crippen LogP contribution in [-0.4, -0.2) is 17.0 Å². The molecule has 0 aliphatic rings. The zero-order valence-electron chi connectivity index (χ0n) is 11.8. The third-order valence-electron chi connectivity index (χ3n) is 2.98. The lowest BCUT2D eigenvalue weighted by atomic mass is 10.1. The maximum atomic E-state index is 11.7. The Morgan fingerprint density at radius 1 is 1.00 bits per heavy atom. The molecule has 0 heterocycles. The van der Waals surface area contributed by atoms with E-state index in [1.807, 2.05) is 6.07 Å². The van der Waals surface area contributed by atoms with Crippen LogP contribution < -0.4 is 10.8 Å². The first-order valence-corrected chi connectivity index (χ1v) is 6.88. The van der Waals surface area contributed by atoms with Crippen LogP contribution in [-0.2, 0) is 9.59 Å². The molecule has 0 unspecified atom stereocenters. The molecule has 2 amide bonds. The molecule has 0 bridgehead atoms. The van der Waals surface area contributed by atoms with Crippen molar-refractivity contribution >= 4 is 17.5 Å². The van der Waals surface area contributed by atoms with Gasteiger partial charge in [-0.3, -0.25) is 14.8 Å². The summed E-state index contributed by atoms with van der Waals surface area (Å²) in [6.45, 7) is 0. The fourth-order valence-corrected chi connectivity index (χ4v) is 1.83. The number of amides is 2. The van der Waals surface area contributed by atoms with Gasteiger partial charge in [-0.25, -0.2) is 5.48 Å². The summed E-state index contributed by atoms with van der Waals surface area (Å²) < 4.78 is 0. The zero-order valence-corrected chi connectivity index (χ0v) is 11.8. The van der Waals surface area contributed by atoms with E-state index in [0.717, 1.165) is 19.3 Å². The van der Waals surface area contributed by atoms with Crippen LogP contribution in [0.4, 0.5) is 5.69 Å². The third kappa shape index (κ3) is 7.09. The highest BCUT2D eigenvalue weighted by Gasteiger charge is 2.03. The van der Waals surface area contributed by atoms with Crippen LogP contribution in [0.5, 0.6) is 0 Å². The predicted molar refractivity (Wildman–Crippen MR) is 77.4 cm³/mol. The van der Waals surface area contributed by atoms with Gasteiger partial charge in [0.25, 0.3) is 0 Å². The van der Waals surface area contributed by atoms with Crippen LogP contribution in [0.15, 0.2) is 24.3 Å². The van der Waals surface area contributed by atoms with E-state index in [0.29, 0.717) is 30.5 Å². The van der Waals surface area contributed by atoms with Crippen LogP contribution in [0, 0.1) is 11.3 Å². The van der Waals surface area contributed by atoms with Gasteiger partial charge in [0.2, 0.25) is 11.8 Å². The van der Waals surface area contributed by atoms with E-state index < -0.39 is 0 Å². The van der Waals surface area contributed by atoms with Gasteiger partial charge in [-0.15, -0.1) is 0 Å². The zero-order chi connectivity index (χ0) is 15.5. The van der Waals surface area contributed by atoms with E-state index in [1.54, 1.807) is 29.7 Å². The molecule has 0 spiro atoms. The Morgan fingerprint density at radius 2 is 1.57 bits per heavy atom. The summed E-state index contributed by atoms with van der Waals surface area (Å²) in [5.74, 6) is -0.443. The minimum atomic E-state index is -0.381. The highest BCUT2D eigenvalue weighted by Crippen LogP contribution is 2.11. The summed E-state index contributed by atoms with van der Waals surface area (Å²) in [5.41, 5.74) is 2.82. The average Bonchev–Trinajstić information content (AvgIpc) is 2.51. The first-order valence-electron chi connectivity index (χ1n) is 6.88. The smallest absolute Gasteiger partial charge is 0.243 e. The number of rotatable bonds is 8. The van der Waals surface area contributed by atoms with Gasteiger partial charge in [0.1, 0.15) is 0 Å². The number of carbonyl (C=O) groups excluding carboxylic acids is 2. The molecule has 1 rings (SSSR count). The predicted octanol–water partition coefficient (Wildman–Crippen LogP) is 2.34. The van der Waals surface area contributed by atoms with Gasteiger partial charge in [-0.2, -0.15) is 5.26 Å². The van der Waals surface area contributed by atoms with Gasteiger partial charge in [-0.05, 0) is 37.1 Å². The van der Waals surface area contributed by atoms with Crippen molar-refractivity contribution in [3.63, 3.8) is 0 Å². The Kier molecular flexibility index (Phi) is 7.54. The summed E-state index contributed by atoms with van der Waals surface area (Å²) >= 11 is 0. The van der Waals surface area contributed by atoms with Crippen molar-refractivity contribution in [3.8, 4) is 6.07 Å². The number of anilines is 1. The van der Waals surface area contributed by atoms with E-state index in [1.165, 1.54) is 0 Å². The molecule has 0 aliphatic heterocycles. The van der Waals surface area contributed by atoms with Crippen molar-refractivity contribution in [2.45, 2.75) is 38.5 Å². The van der Waals surface area contributed by atoms with E-state index >= 15 is 0 Å². The van der Waals surface area contributed by atoms with Crippen LogP contribution in [0.1, 0.15) is 44.1 Å². The third-order valence-corrected chi connectivity index (χ3v) is 2.98. The fourth-order valence-electron chi connectivity index (χ4n) is 1.83.